The van der Waals surface area contributed by atoms with E-state index in [1.807, 2.05) is 12.1 Å². The van der Waals surface area contributed by atoms with E-state index >= 15 is 0 Å². The third-order valence-electron chi connectivity index (χ3n) is 3.24. The topological polar surface area (TPSA) is 64.8 Å². The Morgan fingerprint density at radius 3 is 2.53 bits per heavy atom. The number of amides is 1. The van der Waals surface area contributed by atoms with Crippen molar-refractivity contribution in [1.29, 1.82) is 0 Å². The van der Waals surface area contributed by atoms with Gasteiger partial charge < -0.3 is 20.1 Å². The molecule has 2 atom stereocenters. The predicted molar refractivity (Wildman–Crippen MR) is 73.7 cm³/mol. The molecule has 1 amide bonds. The summed E-state index contributed by atoms with van der Waals surface area (Å²) in [5, 5.41) is 0. The van der Waals surface area contributed by atoms with Gasteiger partial charge in [-0.15, -0.1) is 0 Å². The molecule has 0 aromatic heterocycles. The van der Waals surface area contributed by atoms with Crippen molar-refractivity contribution in [2.45, 2.75) is 26.1 Å². The molecule has 0 bridgehead atoms. The number of ether oxygens (including phenoxy) is 2. The Morgan fingerprint density at radius 2 is 2.00 bits per heavy atom. The van der Waals surface area contributed by atoms with Crippen LogP contribution in [-0.2, 0) is 4.74 Å². The summed E-state index contributed by atoms with van der Waals surface area (Å²) in [6.45, 7) is 5.75. The van der Waals surface area contributed by atoms with Gasteiger partial charge in [0.1, 0.15) is 5.75 Å². The first-order chi connectivity index (χ1) is 9.01. The Morgan fingerprint density at radius 1 is 1.37 bits per heavy atom. The Kier molecular flexibility index (Phi) is 3.95. The summed E-state index contributed by atoms with van der Waals surface area (Å²) >= 11 is 0. The molecule has 1 saturated heterocycles. The van der Waals surface area contributed by atoms with Crippen molar-refractivity contribution in [3.63, 3.8) is 0 Å². The van der Waals surface area contributed by atoms with E-state index in [9.17, 15) is 4.79 Å². The van der Waals surface area contributed by atoms with Gasteiger partial charge in [-0.3, -0.25) is 4.79 Å². The van der Waals surface area contributed by atoms with Crippen molar-refractivity contribution in [3.05, 3.63) is 23.8 Å². The molecule has 1 fully saturated rings. The third kappa shape index (κ3) is 2.98. The Bertz CT molecular complexity index is 466. The van der Waals surface area contributed by atoms with Crippen molar-refractivity contribution in [2.24, 2.45) is 5.73 Å². The number of nitrogens with zero attached hydrogens (tertiary/aromatic N) is 1. The highest BCUT2D eigenvalue weighted by atomic mass is 16.5. The predicted octanol–water partition coefficient (Wildman–Crippen LogP) is 1.41. The largest absolute Gasteiger partial charge is 0.496 e. The lowest BCUT2D eigenvalue weighted by Gasteiger charge is -2.37. The van der Waals surface area contributed by atoms with Crippen LogP contribution in [0.1, 0.15) is 24.2 Å². The zero-order valence-corrected chi connectivity index (χ0v) is 11.6. The number of carbonyl (C=O) groups excluding carboxylic acids is 1. The van der Waals surface area contributed by atoms with Gasteiger partial charge in [-0.1, -0.05) is 0 Å². The van der Waals surface area contributed by atoms with Crippen LogP contribution in [0, 0.1) is 0 Å². The minimum atomic E-state index is -0.480. The van der Waals surface area contributed by atoms with Gasteiger partial charge in [0.15, 0.2) is 0 Å². The minimum Gasteiger partial charge on any atom is -0.496 e. The first kappa shape index (κ1) is 13.7. The van der Waals surface area contributed by atoms with Crippen LogP contribution in [0.3, 0.4) is 0 Å². The molecule has 1 aromatic rings. The molecule has 5 heteroatoms. The van der Waals surface area contributed by atoms with E-state index in [-0.39, 0.29) is 12.2 Å². The van der Waals surface area contributed by atoms with Gasteiger partial charge in [-0.25, -0.2) is 0 Å². The van der Waals surface area contributed by atoms with Crippen molar-refractivity contribution < 1.29 is 14.3 Å². The smallest absolute Gasteiger partial charge is 0.252 e. The molecule has 2 N–H and O–H groups in total. The maximum Gasteiger partial charge on any atom is 0.252 e. The quantitative estimate of drug-likeness (QED) is 0.896. The summed E-state index contributed by atoms with van der Waals surface area (Å²) < 4.78 is 10.9. The van der Waals surface area contributed by atoms with E-state index < -0.39 is 5.91 Å². The number of benzene rings is 1. The molecular formula is C14H20N2O3. The molecule has 2 rings (SSSR count). The first-order valence-corrected chi connectivity index (χ1v) is 6.39. The summed E-state index contributed by atoms with van der Waals surface area (Å²) in [5.74, 6) is 0.0314. The molecule has 0 saturated carbocycles. The maximum absolute atomic E-state index is 11.3. The molecule has 104 valence electrons. The van der Waals surface area contributed by atoms with E-state index in [2.05, 4.69) is 18.7 Å². The number of morpholine rings is 1. The van der Waals surface area contributed by atoms with Gasteiger partial charge >= 0.3 is 0 Å². The van der Waals surface area contributed by atoms with Gasteiger partial charge in [0.25, 0.3) is 5.91 Å². The Hall–Kier alpha value is -1.75. The average Bonchev–Trinajstić information content (AvgIpc) is 2.36. The van der Waals surface area contributed by atoms with Crippen LogP contribution < -0.4 is 15.4 Å². The van der Waals surface area contributed by atoms with Crippen molar-refractivity contribution >= 4 is 11.6 Å². The van der Waals surface area contributed by atoms with Crippen molar-refractivity contribution in [2.75, 3.05) is 25.1 Å². The molecule has 19 heavy (non-hydrogen) atoms. The summed E-state index contributed by atoms with van der Waals surface area (Å²) in [5.41, 5.74) is 6.73. The molecule has 2 unspecified atom stereocenters. The van der Waals surface area contributed by atoms with Crippen LogP contribution in [0.5, 0.6) is 5.75 Å². The number of carbonyl (C=O) groups is 1. The van der Waals surface area contributed by atoms with E-state index in [4.69, 9.17) is 15.2 Å². The lowest BCUT2D eigenvalue weighted by atomic mass is 10.1. The number of methoxy groups -OCH3 is 1. The zero-order chi connectivity index (χ0) is 14.0. The molecule has 0 spiro atoms. The van der Waals surface area contributed by atoms with Crippen LogP contribution in [0.15, 0.2) is 18.2 Å². The standard InChI is InChI=1S/C14H20N2O3/c1-9-7-16(8-10(2)19-9)11-4-5-12(14(15)17)13(6-11)18-3/h4-6,9-10H,7-8H2,1-3H3,(H2,15,17). The molecule has 5 nitrogen and oxygen atoms in total. The third-order valence-corrected chi connectivity index (χ3v) is 3.24. The summed E-state index contributed by atoms with van der Waals surface area (Å²) in [6, 6.07) is 5.46. The molecule has 1 aromatic carbocycles. The zero-order valence-electron chi connectivity index (χ0n) is 11.6. The summed E-state index contributed by atoms with van der Waals surface area (Å²) in [4.78, 5) is 13.5. The number of rotatable bonds is 3. The van der Waals surface area contributed by atoms with Crippen LogP contribution in [0.25, 0.3) is 0 Å². The second kappa shape index (κ2) is 5.48. The van der Waals surface area contributed by atoms with Crippen molar-refractivity contribution in [1.82, 2.24) is 0 Å². The highest BCUT2D eigenvalue weighted by Crippen LogP contribution is 2.27. The molecule has 0 aliphatic carbocycles. The summed E-state index contributed by atoms with van der Waals surface area (Å²) in [7, 11) is 1.54. The first-order valence-electron chi connectivity index (χ1n) is 6.39. The average molecular weight is 264 g/mol. The number of anilines is 1. The van der Waals surface area contributed by atoms with Gasteiger partial charge in [0, 0.05) is 24.8 Å². The molecule has 1 aliphatic heterocycles. The van der Waals surface area contributed by atoms with Crippen LogP contribution in [-0.4, -0.2) is 38.3 Å². The second-order valence-corrected chi connectivity index (χ2v) is 4.91. The SMILES string of the molecule is COc1cc(N2CC(C)OC(C)C2)ccc1C(N)=O. The highest BCUT2D eigenvalue weighted by Gasteiger charge is 2.23. The highest BCUT2D eigenvalue weighted by molar-refractivity contribution is 5.96. The fraction of sp³-hybridized carbons (Fsp3) is 0.500. The van der Waals surface area contributed by atoms with E-state index in [0.717, 1.165) is 18.8 Å². The molecule has 1 aliphatic rings. The fourth-order valence-corrected chi connectivity index (χ4v) is 2.47. The van der Waals surface area contributed by atoms with Gasteiger partial charge in [0.2, 0.25) is 0 Å². The van der Waals surface area contributed by atoms with Crippen LogP contribution in [0.4, 0.5) is 5.69 Å². The monoisotopic (exact) mass is 264 g/mol. The van der Waals surface area contributed by atoms with E-state index in [1.54, 1.807) is 6.07 Å². The molecule has 0 radical (unpaired) electrons. The fourth-order valence-electron chi connectivity index (χ4n) is 2.47. The molecular weight excluding hydrogens is 244 g/mol. The molecule has 1 heterocycles. The van der Waals surface area contributed by atoms with Crippen LogP contribution in [0.2, 0.25) is 0 Å². The van der Waals surface area contributed by atoms with Gasteiger partial charge in [-0.05, 0) is 26.0 Å². The number of hydrogen-bond donors (Lipinski definition) is 1. The lowest BCUT2D eigenvalue weighted by molar-refractivity contribution is -0.00523. The maximum atomic E-state index is 11.3. The minimum absolute atomic E-state index is 0.186. The Labute approximate surface area is 113 Å². The van der Waals surface area contributed by atoms with Crippen molar-refractivity contribution in [3.8, 4) is 5.75 Å². The van der Waals surface area contributed by atoms with Gasteiger partial charge in [0.05, 0.1) is 24.9 Å². The number of primary amides is 1. The van der Waals surface area contributed by atoms with Crippen LogP contribution >= 0.6 is 0 Å². The number of nitrogens with two attached hydrogens (primary N) is 1. The van der Waals surface area contributed by atoms with E-state index in [0.29, 0.717) is 11.3 Å². The van der Waals surface area contributed by atoms with E-state index in [1.165, 1.54) is 7.11 Å². The lowest BCUT2D eigenvalue weighted by Crippen LogP contribution is -2.45. The normalized spacial score (nSPS) is 23.2. The Balaban J connectivity index is 2.27. The van der Waals surface area contributed by atoms with Gasteiger partial charge in [-0.2, -0.15) is 0 Å². The second-order valence-electron chi connectivity index (χ2n) is 4.91. The summed E-state index contributed by atoms with van der Waals surface area (Å²) in [6.07, 6.45) is 0.371. The number of hydrogen-bond acceptors (Lipinski definition) is 4.